The Balaban J connectivity index is 4.74. The summed E-state index contributed by atoms with van der Waals surface area (Å²) in [4.78, 5) is 24.3. The molecule has 0 aromatic heterocycles. The number of ketones is 1. The molecule has 6 heteroatoms. The fraction of sp³-hybridized carbons (Fsp3) is 0.786. The summed E-state index contributed by atoms with van der Waals surface area (Å²) in [5.41, 5.74) is 1.14. The Hall–Kier alpha value is -1.50. The van der Waals surface area contributed by atoms with Gasteiger partial charge in [0.15, 0.2) is 5.78 Å². The maximum absolute atomic E-state index is 12.5. The lowest BCUT2D eigenvalue weighted by atomic mass is 9.85. The van der Waals surface area contributed by atoms with Crippen LogP contribution in [0.5, 0.6) is 0 Å². The topological polar surface area (TPSA) is 82.1 Å². The number of Topliss-reactive ketones (excluding diaryl/α,β-unsaturated/α-hetero) is 1. The lowest BCUT2D eigenvalue weighted by Gasteiger charge is -2.27. The molecular formula is C28H50O6. The molecule has 0 spiro atoms. The highest BCUT2D eigenvalue weighted by atomic mass is 16.7. The predicted octanol–water partition coefficient (Wildman–Crippen LogP) is 5.88. The van der Waals surface area contributed by atoms with Crippen molar-refractivity contribution in [2.75, 3.05) is 20.5 Å². The van der Waals surface area contributed by atoms with Gasteiger partial charge in [-0.3, -0.25) is 9.59 Å². The van der Waals surface area contributed by atoms with Crippen LogP contribution in [0.15, 0.2) is 23.8 Å². The minimum Gasteiger partial charge on any atom is -0.461 e. The van der Waals surface area contributed by atoms with Crippen molar-refractivity contribution in [1.82, 2.24) is 0 Å². The van der Waals surface area contributed by atoms with Crippen molar-refractivity contribution in [1.29, 1.82) is 0 Å². The van der Waals surface area contributed by atoms with Gasteiger partial charge in [-0.15, -0.1) is 0 Å². The molecule has 34 heavy (non-hydrogen) atoms. The van der Waals surface area contributed by atoms with Gasteiger partial charge in [0, 0.05) is 13.5 Å². The van der Waals surface area contributed by atoms with Crippen molar-refractivity contribution < 1.29 is 28.9 Å². The lowest BCUT2D eigenvalue weighted by Crippen LogP contribution is -2.26. The summed E-state index contributed by atoms with van der Waals surface area (Å²) in [5, 5.41) is 10.6. The van der Waals surface area contributed by atoms with E-state index in [0.717, 1.165) is 25.7 Å². The molecule has 0 heterocycles. The van der Waals surface area contributed by atoms with Gasteiger partial charge in [0.25, 0.3) is 0 Å². The van der Waals surface area contributed by atoms with Crippen molar-refractivity contribution in [3.8, 4) is 0 Å². The van der Waals surface area contributed by atoms with Gasteiger partial charge in [0.1, 0.15) is 13.4 Å². The maximum atomic E-state index is 12.5. The quantitative estimate of drug-likeness (QED) is 0.121. The second kappa shape index (κ2) is 16.2. The number of aliphatic hydroxyl groups is 1. The van der Waals surface area contributed by atoms with E-state index in [9.17, 15) is 14.7 Å². The molecule has 0 bridgehead atoms. The van der Waals surface area contributed by atoms with Gasteiger partial charge in [-0.25, -0.2) is 0 Å². The Morgan fingerprint density at radius 3 is 2.24 bits per heavy atom. The van der Waals surface area contributed by atoms with Crippen LogP contribution in [0.4, 0.5) is 0 Å². The average molecular weight is 483 g/mol. The summed E-state index contributed by atoms with van der Waals surface area (Å²) in [6.07, 6.45) is 4.48. The second-order valence-electron chi connectivity index (χ2n) is 10.8. The second-order valence-corrected chi connectivity index (χ2v) is 10.8. The molecule has 6 nitrogen and oxygen atoms in total. The van der Waals surface area contributed by atoms with E-state index in [-0.39, 0.29) is 43.6 Å². The molecule has 5 atom stereocenters. The molecular weight excluding hydrogens is 432 g/mol. The van der Waals surface area contributed by atoms with Gasteiger partial charge in [-0.2, -0.15) is 0 Å². The molecule has 0 fully saturated rings. The zero-order valence-electron chi connectivity index (χ0n) is 23.1. The van der Waals surface area contributed by atoms with Gasteiger partial charge in [-0.05, 0) is 82.8 Å². The summed E-state index contributed by atoms with van der Waals surface area (Å²) in [5.74, 6) is 0.214. The van der Waals surface area contributed by atoms with Gasteiger partial charge in [0.05, 0.1) is 17.6 Å². The van der Waals surface area contributed by atoms with Crippen LogP contribution >= 0.6 is 0 Å². The molecule has 0 amide bonds. The smallest absolute Gasteiger partial charge is 0.311 e. The summed E-state index contributed by atoms with van der Waals surface area (Å²) in [6, 6.07) is 0. The zero-order valence-corrected chi connectivity index (χ0v) is 23.1. The first-order chi connectivity index (χ1) is 15.7. The van der Waals surface area contributed by atoms with E-state index < -0.39 is 11.5 Å². The summed E-state index contributed by atoms with van der Waals surface area (Å²) in [6.45, 7) is 19.9. The number of aliphatic hydroxyl groups excluding tert-OH is 1. The third-order valence-corrected chi connectivity index (χ3v) is 6.34. The minimum absolute atomic E-state index is 0.0309. The normalized spacial score (nSPS) is 16.9. The zero-order chi connectivity index (χ0) is 26.5. The molecule has 0 aliphatic rings. The van der Waals surface area contributed by atoms with E-state index in [2.05, 4.69) is 27.4 Å². The number of ether oxygens (including phenoxy) is 3. The molecule has 0 aliphatic carbocycles. The largest absolute Gasteiger partial charge is 0.461 e. The summed E-state index contributed by atoms with van der Waals surface area (Å²) in [7, 11) is 1.62. The van der Waals surface area contributed by atoms with Crippen LogP contribution in [0.25, 0.3) is 0 Å². The van der Waals surface area contributed by atoms with E-state index in [1.807, 2.05) is 6.92 Å². The molecule has 1 N–H and O–H groups in total. The molecule has 0 aromatic carbocycles. The van der Waals surface area contributed by atoms with Crippen LogP contribution < -0.4 is 0 Å². The SMILES string of the molecule is C=C(CC)[C@H](C)C[C@@H](C[C@@H](C)C[C@@H](C)C(O)CC(=O)/C(C)=C/COC(=O)C(C)(C)C)OCOC. The number of carbonyl (C=O) groups excluding carboxylic acids is 2. The molecule has 0 rings (SSSR count). The lowest BCUT2D eigenvalue weighted by molar-refractivity contribution is -0.151. The number of hydrogen-bond donors (Lipinski definition) is 1. The van der Waals surface area contributed by atoms with Crippen LogP contribution in [-0.2, 0) is 23.8 Å². The number of hydrogen-bond acceptors (Lipinski definition) is 6. The first-order valence-corrected chi connectivity index (χ1v) is 12.6. The van der Waals surface area contributed by atoms with Gasteiger partial charge in [0.2, 0.25) is 0 Å². The molecule has 0 aliphatic heterocycles. The number of rotatable bonds is 17. The van der Waals surface area contributed by atoms with Crippen molar-refractivity contribution >= 4 is 11.8 Å². The molecule has 0 saturated heterocycles. The highest BCUT2D eigenvalue weighted by Gasteiger charge is 2.25. The molecule has 0 saturated carbocycles. The Bertz CT molecular complexity index is 660. The number of esters is 1. The van der Waals surface area contributed by atoms with Gasteiger partial charge >= 0.3 is 5.97 Å². The monoisotopic (exact) mass is 482 g/mol. The van der Waals surface area contributed by atoms with Crippen molar-refractivity contribution in [2.45, 2.75) is 99.7 Å². The first-order valence-electron chi connectivity index (χ1n) is 12.6. The van der Waals surface area contributed by atoms with E-state index in [1.165, 1.54) is 5.57 Å². The Labute approximate surface area is 208 Å². The average Bonchev–Trinajstić information content (AvgIpc) is 2.75. The third-order valence-electron chi connectivity index (χ3n) is 6.34. The van der Waals surface area contributed by atoms with E-state index in [0.29, 0.717) is 17.4 Å². The van der Waals surface area contributed by atoms with Crippen molar-refractivity contribution in [3.05, 3.63) is 23.8 Å². The maximum Gasteiger partial charge on any atom is 0.311 e. The Kier molecular flexibility index (Phi) is 15.5. The van der Waals surface area contributed by atoms with Gasteiger partial charge < -0.3 is 19.3 Å². The first kappa shape index (κ1) is 32.5. The van der Waals surface area contributed by atoms with Crippen LogP contribution in [0, 0.1) is 23.2 Å². The standard InChI is InChI=1S/C28H50O6/c1-11-20(3)22(5)16-24(34-18-32-10)15-19(2)14-23(6)26(30)17-25(29)21(4)12-13-33-27(31)28(7,8)9/h12,19,22-24,26,30H,3,11,13-18H2,1-2,4-10H3/b21-12+/t19-,22+,23+,24+,26?/m0/s1. The van der Waals surface area contributed by atoms with E-state index in [4.69, 9.17) is 14.2 Å². The predicted molar refractivity (Wildman–Crippen MR) is 137 cm³/mol. The van der Waals surface area contributed by atoms with Crippen molar-refractivity contribution in [3.63, 3.8) is 0 Å². The Morgan fingerprint density at radius 1 is 1.09 bits per heavy atom. The Morgan fingerprint density at radius 2 is 1.71 bits per heavy atom. The van der Waals surface area contributed by atoms with Crippen LogP contribution in [0.1, 0.15) is 87.5 Å². The number of carbonyl (C=O) groups is 2. The summed E-state index contributed by atoms with van der Waals surface area (Å²) < 4.78 is 16.2. The van der Waals surface area contributed by atoms with E-state index >= 15 is 0 Å². The minimum atomic E-state index is -0.729. The number of allylic oxidation sites excluding steroid dienone is 2. The molecule has 1 unspecified atom stereocenters. The molecule has 0 radical (unpaired) electrons. The fourth-order valence-corrected chi connectivity index (χ4v) is 3.77. The number of methoxy groups -OCH3 is 1. The fourth-order valence-electron chi connectivity index (χ4n) is 3.77. The van der Waals surface area contributed by atoms with Gasteiger partial charge in [-0.1, -0.05) is 39.8 Å². The van der Waals surface area contributed by atoms with Crippen LogP contribution in [0.3, 0.4) is 0 Å². The highest BCUT2D eigenvalue weighted by molar-refractivity contribution is 5.95. The van der Waals surface area contributed by atoms with Crippen LogP contribution in [0.2, 0.25) is 0 Å². The highest BCUT2D eigenvalue weighted by Crippen LogP contribution is 2.27. The third kappa shape index (κ3) is 13.4. The summed E-state index contributed by atoms with van der Waals surface area (Å²) >= 11 is 0. The molecule has 0 aromatic rings. The van der Waals surface area contributed by atoms with Crippen molar-refractivity contribution in [2.24, 2.45) is 23.2 Å². The van der Waals surface area contributed by atoms with Crippen LogP contribution in [-0.4, -0.2) is 49.6 Å². The molecule has 198 valence electrons. The van der Waals surface area contributed by atoms with E-state index in [1.54, 1.807) is 40.9 Å².